The zero-order chi connectivity index (χ0) is 27.7. The van der Waals surface area contributed by atoms with Crippen molar-refractivity contribution >= 4 is 44.5 Å². The molecule has 2 heterocycles. The standard InChI is InChI=1S/C30H26N2O6S/c1-17-10-12-20-24(14-17)39-30(31-20)32-26(19-15-22(36-2)28(38-4)23(16-19)37-3)25(27(34)29(32)35)21(33)13-11-18-8-6-5-7-9-18/h5-16,26,34H,1-4H3. The Morgan fingerprint density at radius 3 is 2.33 bits per heavy atom. The second kappa shape index (κ2) is 10.6. The summed E-state index contributed by atoms with van der Waals surface area (Å²) < 4.78 is 17.4. The van der Waals surface area contributed by atoms with E-state index in [4.69, 9.17) is 14.2 Å². The highest BCUT2D eigenvalue weighted by molar-refractivity contribution is 7.22. The topological polar surface area (TPSA) is 98.2 Å². The summed E-state index contributed by atoms with van der Waals surface area (Å²) in [5.74, 6) is -0.815. The summed E-state index contributed by atoms with van der Waals surface area (Å²) in [6, 6.07) is 17.4. The van der Waals surface area contributed by atoms with Gasteiger partial charge in [-0.15, -0.1) is 0 Å². The molecule has 1 aliphatic heterocycles. The van der Waals surface area contributed by atoms with Crippen LogP contribution >= 0.6 is 11.3 Å². The quantitative estimate of drug-likeness (QED) is 0.281. The van der Waals surface area contributed by atoms with Crippen molar-refractivity contribution in [3.05, 3.63) is 94.8 Å². The fourth-order valence-electron chi connectivity index (χ4n) is 4.58. The second-order valence-corrected chi connectivity index (χ2v) is 9.88. The number of aliphatic hydroxyl groups excluding tert-OH is 1. The zero-order valence-electron chi connectivity index (χ0n) is 21.8. The number of methoxy groups -OCH3 is 3. The summed E-state index contributed by atoms with van der Waals surface area (Å²) >= 11 is 1.30. The lowest BCUT2D eigenvalue weighted by Gasteiger charge is -2.25. The molecule has 39 heavy (non-hydrogen) atoms. The number of nitrogens with zero attached hydrogens (tertiary/aromatic N) is 2. The summed E-state index contributed by atoms with van der Waals surface area (Å²) in [4.78, 5) is 33.2. The molecular weight excluding hydrogens is 516 g/mol. The molecular formula is C30H26N2O6S. The summed E-state index contributed by atoms with van der Waals surface area (Å²) in [6.45, 7) is 1.97. The number of hydrogen-bond donors (Lipinski definition) is 1. The zero-order valence-corrected chi connectivity index (χ0v) is 22.6. The van der Waals surface area contributed by atoms with Gasteiger partial charge in [0.05, 0.1) is 43.2 Å². The first-order valence-corrected chi connectivity index (χ1v) is 12.9. The van der Waals surface area contributed by atoms with Gasteiger partial charge in [0.25, 0.3) is 5.91 Å². The number of aliphatic hydroxyl groups is 1. The number of hydrogen-bond acceptors (Lipinski definition) is 8. The molecule has 3 aromatic carbocycles. The van der Waals surface area contributed by atoms with Crippen molar-refractivity contribution in [3.63, 3.8) is 0 Å². The molecule has 0 bridgehead atoms. The molecule has 0 radical (unpaired) electrons. The van der Waals surface area contributed by atoms with Crippen LogP contribution in [0.1, 0.15) is 22.7 Å². The van der Waals surface area contributed by atoms with Gasteiger partial charge in [-0.05, 0) is 54.0 Å². The maximum Gasteiger partial charge on any atom is 0.296 e. The van der Waals surface area contributed by atoms with Gasteiger partial charge in [-0.2, -0.15) is 0 Å². The van der Waals surface area contributed by atoms with Crippen molar-refractivity contribution in [2.24, 2.45) is 0 Å². The van der Waals surface area contributed by atoms with Crippen molar-refractivity contribution in [2.45, 2.75) is 13.0 Å². The third-order valence-corrected chi connectivity index (χ3v) is 7.46. The van der Waals surface area contributed by atoms with Crippen LogP contribution < -0.4 is 19.1 Å². The molecule has 0 saturated carbocycles. The molecule has 9 heteroatoms. The maximum absolute atomic E-state index is 13.6. The third kappa shape index (κ3) is 4.72. The first-order chi connectivity index (χ1) is 18.9. The number of amides is 1. The molecule has 0 saturated heterocycles. The predicted octanol–water partition coefficient (Wildman–Crippen LogP) is 5.81. The number of aryl methyl sites for hydroxylation is 1. The number of allylic oxidation sites excluding steroid dienone is 1. The first-order valence-electron chi connectivity index (χ1n) is 12.1. The van der Waals surface area contributed by atoms with Crippen molar-refractivity contribution in [1.82, 2.24) is 4.98 Å². The number of rotatable bonds is 8. The van der Waals surface area contributed by atoms with Crippen LogP contribution in [0.2, 0.25) is 0 Å². The summed E-state index contributed by atoms with van der Waals surface area (Å²) in [5.41, 5.74) is 2.97. The van der Waals surface area contributed by atoms with Gasteiger partial charge in [0.2, 0.25) is 5.75 Å². The van der Waals surface area contributed by atoms with E-state index in [9.17, 15) is 14.7 Å². The Hall–Kier alpha value is -4.63. The number of anilines is 1. The van der Waals surface area contributed by atoms with Crippen LogP contribution in [0.5, 0.6) is 17.2 Å². The summed E-state index contributed by atoms with van der Waals surface area (Å²) in [6.07, 6.45) is 2.99. The van der Waals surface area contributed by atoms with Crippen LogP contribution in [0.25, 0.3) is 16.3 Å². The second-order valence-electron chi connectivity index (χ2n) is 8.87. The number of fused-ring (bicyclic) bond motifs is 1. The van der Waals surface area contributed by atoms with E-state index in [2.05, 4.69) is 4.98 Å². The van der Waals surface area contributed by atoms with E-state index >= 15 is 0 Å². The van der Waals surface area contributed by atoms with E-state index < -0.39 is 23.5 Å². The van der Waals surface area contributed by atoms with Gasteiger partial charge in [0, 0.05) is 0 Å². The molecule has 4 aromatic rings. The minimum absolute atomic E-state index is 0.0723. The monoisotopic (exact) mass is 542 g/mol. The third-order valence-electron chi connectivity index (χ3n) is 6.44. The van der Waals surface area contributed by atoms with E-state index in [-0.39, 0.29) is 5.57 Å². The van der Waals surface area contributed by atoms with Gasteiger partial charge in [0.15, 0.2) is 28.2 Å². The SMILES string of the molecule is COc1cc(C2C(C(=O)C=Cc3ccccc3)=C(O)C(=O)N2c2nc3ccc(C)cc3s2)cc(OC)c1OC. The normalized spacial score (nSPS) is 15.4. The van der Waals surface area contributed by atoms with E-state index in [0.717, 1.165) is 15.8 Å². The van der Waals surface area contributed by atoms with Crippen LogP contribution in [0, 0.1) is 6.92 Å². The average Bonchev–Trinajstić information content (AvgIpc) is 3.48. The smallest absolute Gasteiger partial charge is 0.296 e. The first kappa shape index (κ1) is 26.0. The van der Waals surface area contributed by atoms with Crippen LogP contribution in [0.4, 0.5) is 5.13 Å². The summed E-state index contributed by atoms with van der Waals surface area (Å²) in [7, 11) is 4.45. The van der Waals surface area contributed by atoms with Crippen LogP contribution in [-0.4, -0.2) is 43.1 Å². The van der Waals surface area contributed by atoms with Gasteiger partial charge in [0.1, 0.15) is 0 Å². The van der Waals surface area contributed by atoms with Gasteiger partial charge >= 0.3 is 0 Å². The molecule has 8 nitrogen and oxygen atoms in total. The Balaban J connectivity index is 1.68. The molecule has 1 amide bonds. The highest BCUT2D eigenvalue weighted by Gasteiger charge is 2.45. The summed E-state index contributed by atoms with van der Waals surface area (Å²) in [5, 5.41) is 11.4. The number of carbonyl (C=O) groups excluding carboxylic acids is 2. The van der Waals surface area contributed by atoms with Crippen molar-refractivity contribution in [2.75, 3.05) is 26.2 Å². The van der Waals surface area contributed by atoms with Gasteiger partial charge in [-0.3, -0.25) is 14.5 Å². The average molecular weight is 543 g/mol. The number of carbonyl (C=O) groups is 2. The number of aromatic nitrogens is 1. The molecule has 0 aliphatic carbocycles. The van der Waals surface area contributed by atoms with E-state index in [1.54, 1.807) is 18.2 Å². The Labute approximate surface area is 229 Å². The van der Waals surface area contributed by atoms with Gasteiger partial charge in [-0.25, -0.2) is 4.98 Å². The Morgan fingerprint density at radius 1 is 1.00 bits per heavy atom. The molecule has 1 aliphatic rings. The lowest BCUT2D eigenvalue weighted by Crippen LogP contribution is -2.30. The Morgan fingerprint density at radius 2 is 1.69 bits per heavy atom. The van der Waals surface area contributed by atoms with Crippen LogP contribution in [0.3, 0.4) is 0 Å². The van der Waals surface area contributed by atoms with Gasteiger partial charge < -0.3 is 19.3 Å². The minimum Gasteiger partial charge on any atom is -0.503 e. The van der Waals surface area contributed by atoms with E-state index in [1.165, 1.54) is 43.6 Å². The number of thiazole rings is 1. The van der Waals surface area contributed by atoms with Crippen molar-refractivity contribution in [3.8, 4) is 17.2 Å². The number of ketones is 1. The molecule has 1 atom stereocenters. The molecule has 0 spiro atoms. The Bertz CT molecular complexity index is 1610. The minimum atomic E-state index is -0.999. The fourth-order valence-corrected chi connectivity index (χ4v) is 5.67. The predicted molar refractivity (Wildman–Crippen MR) is 151 cm³/mol. The Kier molecular flexibility index (Phi) is 7.08. The van der Waals surface area contributed by atoms with E-state index in [1.807, 2.05) is 55.5 Å². The fraction of sp³-hybridized carbons (Fsp3) is 0.167. The van der Waals surface area contributed by atoms with Crippen LogP contribution in [-0.2, 0) is 9.59 Å². The molecule has 1 aromatic heterocycles. The largest absolute Gasteiger partial charge is 0.503 e. The van der Waals surface area contributed by atoms with E-state index in [0.29, 0.717) is 33.5 Å². The lowest BCUT2D eigenvalue weighted by molar-refractivity contribution is -0.117. The molecule has 0 fully saturated rings. The molecule has 5 rings (SSSR count). The number of ether oxygens (including phenoxy) is 3. The maximum atomic E-state index is 13.6. The molecule has 198 valence electrons. The highest BCUT2D eigenvalue weighted by Crippen LogP contribution is 2.47. The van der Waals surface area contributed by atoms with Gasteiger partial charge in [-0.1, -0.05) is 53.8 Å². The van der Waals surface area contributed by atoms with Crippen molar-refractivity contribution in [1.29, 1.82) is 0 Å². The molecule has 1 N–H and O–H groups in total. The number of benzene rings is 3. The molecule has 1 unspecified atom stereocenters. The van der Waals surface area contributed by atoms with Crippen molar-refractivity contribution < 1.29 is 28.9 Å². The van der Waals surface area contributed by atoms with Crippen LogP contribution in [0.15, 0.2) is 78.1 Å². The lowest BCUT2D eigenvalue weighted by atomic mass is 9.95. The highest BCUT2D eigenvalue weighted by atomic mass is 32.1.